The van der Waals surface area contributed by atoms with E-state index < -0.39 is 6.61 Å². The zero-order chi connectivity index (χ0) is 18.7. The largest absolute Gasteiger partial charge is 0.435 e. The van der Waals surface area contributed by atoms with Crippen LogP contribution in [0.3, 0.4) is 0 Å². The Balaban J connectivity index is 1.65. The first-order valence-electron chi connectivity index (χ1n) is 8.76. The molecule has 1 aromatic heterocycles. The van der Waals surface area contributed by atoms with E-state index in [0.717, 1.165) is 25.7 Å². The number of hydrogen-bond acceptors (Lipinski definition) is 4. The van der Waals surface area contributed by atoms with Gasteiger partial charge in [-0.2, -0.15) is 8.78 Å². The van der Waals surface area contributed by atoms with E-state index >= 15 is 0 Å². The maximum atomic E-state index is 12.5. The fraction of sp³-hybridized carbons (Fsp3) is 0.474. The van der Waals surface area contributed by atoms with E-state index in [4.69, 9.17) is 0 Å². The van der Waals surface area contributed by atoms with Gasteiger partial charge >= 0.3 is 6.61 Å². The van der Waals surface area contributed by atoms with E-state index in [1.54, 1.807) is 12.1 Å². The molecule has 1 aliphatic rings. The minimum absolute atomic E-state index is 0.0343. The van der Waals surface area contributed by atoms with Crippen LogP contribution in [0.15, 0.2) is 30.5 Å². The standard InChI is InChI=1S/C19H22F2N2O3/c1-11(24)12-2-5-15(6-3-12)23-18(25)14-8-13-4-7-16(26-19(20)21)9-17(13)22-10-14/h4,7-12,15,19,24H,2-3,5-6H2,1H3,(H,23,25). The van der Waals surface area contributed by atoms with Crippen LogP contribution in [0.2, 0.25) is 0 Å². The van der Waals surface area contributed by atoms with Gasteiger partial charge in [-0.05, 0) is 56.7 Å². The lowest BCUT2D eigenvalue weighted by Crippen LogP contribution is -2.39. The first kappa shape index (κ1) is 18.5. The molecule has 140 valence electrons. The molecular formula is C19H22F2N2O3. The van der Waals surface area contributed by atoms with Crippen molar-refractivity contribution in [2.24, 2.45) is 5.92 Å². The molecule has 0 bridgehead atoms. The van der Waals surface area contributed by atoms with Crippen molar-refractivity contribution in [1.82, 2.24) is 10.3 Å². The van der Waals surface area contributed by atoms with Gasteiger partial charge in [-0.1, -0.05) is 0 Å². The summed E-state index contributed by atoms with van der Waals surface area (Å²) in [6, 6.07) is 6.22. The quantitative estimate of drug-likeness (QED) is 0.852. The molecule has 1 aliphatic carbocycles. The number of aliphatic hydroxyl groups excluding tert-OH is 1. The molecule has 1 atom stereocenters. The highest BCUT2D eigenvalue weighted by atomic mass is 19.3. The van der Waals surface area contributed by atoms with E-state index in [-0.39, 0.29) is 23.8 Å². The predicted molar refractivity (Wildman–Crippen MR) is 93.3 cm³/mol. The van der Waals surface area contributed by atoms with Gasteiger partial charge in [0.1, 0.15) is 5.75 Å². The van der Waals surface area contributed by atoms with Crippen molar-refractivity contribution < 1.29 is 23.4 Å². The molecule has 0 aliphatic heterocycles. The highest BCUT2D eigenvalue weighted by molar-refractivity contribution is 5.97. The zero-order valence-electron chi connectivity index (χ0n) is 14.5. The molecule has 26 heavy (non-hydrogen) atoms. The molecular weight excluding hydrogens is 342 g/mol. The average molecular weight is 364 g/mol. The highest BCUT2D eigenvalue weighted by Crippen LogP contribution is 2.27. The number of aliphatic hydroxyl groups is 1. The van der Waals surface area contributed by atoms with E-state index in [2.05, 4.69) is 15.0 Å². The molecule has 1 unspecified atom stereocenters. The van der Waals surface area contributed by atoms with Crippen molar-refractivity contribution in [3.8, 4) is 5.75 Å². The summed E-state index contributed by atoms with van der Waals surface area (Å²) in [7, 11) is 0. The van der Waals surface area contributed by atoms with Crippen LogP contribution < -0.4 is 10.1 Å². The maximum absolute atomic E-state index is 12.5. The Morgan fingerprint density at radius 1 is 1.27 bits per heavy atom. The van der Waals surface area contributed by atoms with Crippen LogP contribution in [0.25, 0.3) is 10.9 Å². The number of nitrogens with one attached hydrogen (secondary N) is 1. The molecule has 5 nitrogen and oxygen atoms in total. The van der Waals surface area contributed by atoms with Crippen LogP contribution in [0.4, 0.5) is 8.78 Å². The van der Waals surface area contributed by atoms with Gasteiger partial charge in [-0.25, -0.2) is 0 Å². The Morgan fingerprint density at radius 2 is 2.00 bits per heavy atom. The zero-order valence-corrected chi connectivity index (χ0v) is 14.5. The summed E-state index contributed by atoms with van der Waals surface area (Å²) < 4.78 is 28.9. The fourth-order valence-electron chi connectivity index (χ4n) is 3.42. The van der Waals surface area contributed by atoms with Crippen molar-refractivity contribution in [3.63, 3.8) is 0 Å². The van der Waals surface area contributed by atoms with Crippen molar-refractivity contribution in [2.45, 2.75) is 51.4 Å². The second-order valence-corrected chi connectivity index (χ2v) is 6.78. The first-order valence-corrected chi connectivity index (χ1v) is 8.76. The number of hydrogen-bond donors (Lipinski definition) is 2. The summed E-state index contributed by atoms with van der Waals surface area (Å²) in [5, 5.41) is 13.3. The predicted octanol–water partition coefficient (Wildman–Crippen LogP) is 3.51. The minimum atomic E-state index is -2.89. The molecule has 1 amide bonds. The third-order valence-electron chi connectivity index (χ3n) is 4.93. The number of halogens is 2. The molecule has 1 saturated carbocycles. The Labute approximate surface area is 150 Å². The highest BCUT2D eigenvalue weighted by Gasteiger charge is 2.25. The number of fused-ring (bicyclic) bond motifs is 1. The molecule has 7 heteroatoms. The summed E-state index contributed by atoms with van der Waals surface area (Å²) in [4.78, 5) is 16.6. The summed E-state index contributed by atoms with van der Waals surface area (Å²) in [6.07, 6.45) is 4.60. The number of nitrogens with zero attached hydrogens (tertiary/aromatic N) is 1. The van der Waals surface area contributed by atoms with E-state index in [0.29, 0.717) is 22.4 Å². The van der Waals surface area contributed by atoms with Crippen molar-refractivity contribution >= 4 is 16.8 Å². The van der Waals surface area contributed by atoms with Crippen molar-refractivity contribution in [3.05, 3.63) is 36.0 Å². The van der Waals surface area contributed by atoms with Crippen LogP contribution in [0, 0.1) is 5.92 Å². The van der Waals surface area contributed by atoms with Gasteiger partial charge in [-0.3, -0.25) is 9.78 Å². The molecule has 2 aromatic rings. The first-order chi connectivity index (χ1) is 12.4. The third-order valence-corrected chi connectivity index (χ3v) is 4.93. The molecule has 3 rings (SSSR count). The van der Waals surface area contributed by atoms with Crippen LogP contribution >= 0.6 is 0 Å². The Hall–Kier alpha value is -2.28. The number of pyridine rings is 1. The number of carbonyl (C=O) groups is 1. The summed E-state index contributed by atoms with van der Waals surface area (Å²) >= 11 is 0. The van der Waals surface area contributed by atoms with Crippen LogP contribution in [0.1, 0.15) is 43.0 Å². The number of amides is 1. The Kier molecular flexibility index (Phi) is 5.66. The normalized spacial score (nSPS) is 21.6. The number of benzene rings is 1. The number of alkyl halides is 2. The number of aromatic nitrogens is 1. The Bertz CT molecular complexity index is 774. The second-order valence-electron chi connectivity index (χ2n) is 6.78. The molecule has 1 fully saturated rings. The monoisotopic (exact) mass is 364 g/mol. The topological polar surface area (TPSA) is 71.5 Å². The number of rotatable bonds is 5. The van der Waals surface area contributed by atoms with Gasteiger partial charge in [0.25, 0.3) is 5.91 Å². The fourth-order valence-corrected chi connectivity index (χ4v) is 3.42. The van der Waals surface area contributed by atoms with Crippen molar-refractivity contribution in [2.75, 3.05) is 0 Å². The van der Waals surface area contributed by atoms with Crippen LogP contribution in [-0.2, 0) is 0 Å². The Morgan fingerprint density at radius 3 is 2.65 bits per heavy atom. The summed E-state index contributed by atoms with van der Waals surface area (Å²) in [5.74, 6) is 0.134. The van der Waals surface area contributed by atoms with E-state index in [9.17, 15) is 18.7 Å². The summed E-state index contributed by atoms with van der Waals surface area (Å²) in [5.41, 5.74) is 0.912. The minimum Gasteiger partial charge on any atom is -0.435 e. The molecule has 0 saturated heterocycles. The van der Waals surface area contributed by atoms with Gasteiger partial charge in [0.05, 0.1) is 17.2 Å². The van der Waals surface area contributed by atoms with Crippen molar-refractivity contribution in [1.29, 1.82) is 0 Å². The van der Waals surface area contributed by atoms with Crippen LogP contribution in [0.5, 0.6) is 5.75 Å². The van der Waals surface area contributed by atoms with Gasteiger partial charge in [0, 0.05) is 23.7 Å². The molecule has 1 heterocycles. The molecule has 2 N–H and O–H groups in total. The van der Waals surface area contributed by atoms with E-state index in [1.165, 1.54) is 18.3 Å². The second kappa shape index (κ2) is 7.95. The van der Waals surface area contributed by atoms with Gasteiger partial charge in [0.2, 0.25) is 0 Å². The SMILES string of the molecule is CC(O)C1CCC(NC(=O)c2cnc3cc(OC(F)F)ccc3c2)CC1. The van der Waals surface area contributed by atoms with Crippen LogP contribution in [-0.4, -0.2) is 34.8 Å². The smallest absolute Gasteiger partial charge is 0.387 e. The van der Waals surface area contributed by atoms with Gasteiger partial charge in [-0.15, -0.1) is 0 Å². The lowest BCUT2D eigenvalue weighted by molar-refractivity contribution is -0.0497. The lowest BCUT2D eigenvalue weighted by atomic mass is 9.83. The lowest BCUT2D eigenvalue weighted by Gasteiger charge is -2.30. The average Bonchev–Trinajstić information content (AvgIpc) is 2.61. The molecule has 1 aromatic carbocycles. The summed E-state index contributed by atoms with van der Waals surface area (Å²) in [6.45, 7) is -1.08. The van der Waals surface area contributed by atoms with E-state index in [1.807, 2.05) is 6.92 Å². The number of ether oxygens (including phenoxy) is 1. The molecule has 0 spiro atoms. The van der Waals surface area contributed by atoms with Gasteiger partial charge in [0.15, 0.2) is 0 Å². The third kappa shape index (κ3) is 4.46. The number of carbonyl (C=O) groups excluding carboxylic acids is 1. The van der Waals surface area contributed by atoms with Gasteiger partial charge < -0.3 is 15.2 Å². The maximum Gasteiger partial charge on any atom is 0.387 e. The molecule has 0 radical (unpaired) electrons.